The number of rotatable bonds is 5. The summed E-state index contributed by atoms with van der Waals surface area (Å²) in [5, 5.41) is 0. The smallest absolute Gasteiger partial charge is 0.266 e. The minimum atomic E-state index is -3.98. The van der Waals surface area contributed by atoms with Gasteiger partial charge >= 0.3 is 0 Å². The highest BCUT2D eigenvalue weighted by molar-refractivity contribution is 7.89. The Morgan fingerprint density at radius 3 is 2.08 bits per heavy atom. The van der Waals surface area contributed by atoms with Crippen LogP contribution in [0.1, 0.15) is 54.0 Å². The summed E-state index contributed by atoms with van der Waals surface area (Å²) >= 11 is 0. The zero-order valence-electron chi connectivity index (χ0n) is 15.2. The number of nitrogens with one attached hydrogen (secondary N) is 2. The van der Waals surface area contributed by atoms with Gasteiger partial charge in [0, 0.05) is 11.1 Å². The summed E-state index contributed by atoms with van der Waals surface area (Å²) in [7, 11) is -3.98. The van der Waals surface area contributed by atoms with Crippen LogP contribution in [0.3, 0.4) is 0 Å². The van der Waals surface area contributed by atoms with Crippen LogP contribution < -0.4 is 10.3 Å². The van der Waals surface area contributed by atoms with Crippen LogP contribution in [-0.4, -0.2) is 20.1 Å². The summed E-state index contributed by atoms with van der Waals surface area (Å²) in [4.78, 5) is 25.5. The monoisotopic (exact) mass is 374 g/mol. The summed E-state index contributed by atoms with van der Waals surface area (Å²) < 4.78 is 24.6. The number of carbonyl (C=O) groups excluding carboxylic acids is 2. The second kappa shape index (κ2) is 7.39. The van der Waals surface area contributed by atoms with Crippen molar-refractivity contribution in [2.75, 3.05) is 0 Å². The fourth-order valence-electron chi connectivity index (χ4n) is 2.25. The highest BCUT2D eigenvalue weighted by atomic mass is 32.2. The molecule has 0 fully saturated rings. The van der Waals surface area contributed by atoms with Crippen LogP contribution in [0.5, 0.6) is 0 Å². The summed E-state index contributed by atoms with van der Waals surface area (Å²) in [5.41, 5.74) is 3.81. The van der Waals surface area contributed by atoms with Crippen LogP contribution in [-0.2, 0) is 15.4 Å². The van der Waals surface area contributed by atoms with Gasteiger partial charge in [-0.25, -0.2) is 8.42 Å². The van der Waals surface area contributed by atoms with Crippen LogP contribution >= 0.6 is 0 Å². The van der Waals surface area contributed by atoms with E-state index >= 15 is 0 Å². The van der Waals surface area contributed by atoms with Crippen molar-refractivity contribution < 1.29 is 18.0 Å². The van der Waals surface area contributed by atoms with E-state index in [2.05, 4.69) is 26.2 Å². The molecule has 0 aliphatic carbocycles. The lowest BCUT2D eigenvalue weighted by molar-refractivity contribution is 0.0944. The van der Waals surface area contributed by atoms with Gasteiger partial charge in [0.1, 0.15) is 0 Å². The predicted octanol–water partition coefficient (Wildman–Crippen LogP) is 2.81. The van der Waals surface area contributed by atoms with Gasteiger partial charge in [0.15, 0.2) is 5.78 Å². The molecule has 138 valence electrons. The molecule has 6 nitrogen and oxygen atoms in total. The molecule has 0 saturated heterocycles. The molecular formula is C19H22N2O4S. The van der Waals surface area contributed by atoms with Crippen molar-refractivity contribution in [1.29, 1.82) is 0 Å². The molecule has 2 aromatic rings. The molecule has 7 heteroatoms. The van der Waals surface area contributed by atoms with Crippen LogP contribution in [0.15, 0.2) is 53.4 Å². The van der Waals surface area contributed by atoms with Gasteiger partial charge < -0.3 is 0 Å². The zero-order chi connectivity index (χ0) is 19.5. The molecule has 0 saturated carbocycles. The molecule has 0 atom stereocenters. The van der Waals surface area contributed by atoms with E-state index in [1.54, 1.807) is 12.1 Å². The SMILES string of the molecule is CC(=O)c1cccc(S(=O)(=O)NNC(=O)c2ccc(C(C)(C)C)cc2)c1. The summed E-state index contributed by atoms with van der Waals surface area (Å²) in [6.07, 6.45) is 0. The van der Waals surface area contributed by atoms with E-state index in [0.29, 0.717) is 5.56 Å². The molecule has 0 aliphatic rings. The number of benzene rings is 2. The van der Waals surface area contributed by atoms with E-state index in [9.17, 15) is 18.0 Å². The third kappa shape index (κ3) is 4.77. The van der Waals surface area contributed by atoms with Gasteiger partial charge in [0.05, 0.1) is 4.90 Å². The van der Waals surface area contributed by atoms with E-state index in [0.717, 1.165) is 5.56 Å². The van der Waals surface area contributed by atoms with Crippen molar-refractivity contribution in [2.24, 2.45) is 0 Å². The van der Waals surface area contributed by atoms with Crippen LogP contribution in [0.4, 0.5) is 0 Å². The van der Waals surface area contributed by atoms with E-state index in [1.807, 2.05) is 17.0 Å². The third-order valence-corrected chi connectivity index (χ3v) is 5.11. The van der Waals surface area contributed by atoms with Crippen LogP contribution in [0.2, 0.25) is 0 Å². The molecule has 0 aliphatic heterocycles. The van der Waals surface area contributed by atoms with Gasteiger partial charge in [-0.05, 0) is 42.2 Å². The van der Waals surface area contributed by atoms with Crippen molar-refractivity contribution in [3.05, 3.63) is 65.2 Å². The maximum Gasteiger partial charge on any atom is 0.266 e. The van der Waals surface area contributed by atoms with Gasteiger partial charge in [-0.2, -0.15) is 0 Å². The molecule has 2 aromatic carbocycles. The number of hydrazine groups is 1. The quantitative estimate of drug-likeness (QED) is 0.622. The first kappa shape index (κ1) is 19.8. The Morgan fingerprint density at radius 1 is 0.923 bits per heavy atom. The average molecular weight is 374 g/mol. The topological polar surface area (TPSA) is 92.3 Å². The Balaban J connectivity index is 2.11. The molecule has 0 unspecified atom stereocenters. The largest absolute Gasteiger partial charge is 0.295 e. The van der Waals surface area contributed by atoms with Gasteiger partial charge in [-0.15, -0.1) is 4.83 Å². The fraction of sp³-hybridized carbons (Fsp3) is 0.263. The van der Waals surface area contributed by atoms with Gasteiger partial charge in [-0.3, -0.25) is 15.0 Å². The maximum atomic E-state index is 12.3. The first-order chi connectivity index (χ1) is 12.0. The van der Waals surface area contributed by atoms with Crippen molar-refractivity contribution >= 4 is 21.7 Å². The second-order valence-corrected chi connectivity index (χ2v) is 8.65. The Kier molecular flexibility index (Phi) is 5.63. The Bertz CT molecular complexity index is 927. The van der Waals surface area contributed by atoms with Crippen LogP contribution in [0.25, 0.3) is 0 Å². The van der Waals surface area contributed by atoms with E-state index in [-0.39, 0.29) is 21.7 Å². The standard InChI is InChI=1S/C19H22N2O4S/c1-13(22)15-6-5-7-17(12-15)26(24,25)21-20-18(23)14-8-10-16(11-9-14)19(2,3)4/h5-12,21H,1-4H3,(H,20,23). The third-order valence-electron chi connectivity index (χ3n) is 3.86. The van der Waals surface area contributed by atoms with Gasteiger partial charge in [0.2, 0.25) is 0 Å². The average Bonchev–Trinajstić information content (AvgIpc) is 2.59. The highest BCUT2D eigenvalue weighted by Gasteiger charge is 2.18. The van der Waals surface area contributed by atoms with Crippen molar-refractivity contribution in [3.63, 3.8) is 0 Å². The molecule has 26 heavy (non-hydrogen) atoms. The number of amides is 1. The number of Topliss-reactive ketones (excluding diaryl/α,β-unsaturated/α-hetero) is 1. The number of ketones is 1. The molecule has 0 aromatic heterocycles. The Labute approximate surface area is 153 Å². The number of carbonyl (C=O) groups is 2. The molecule has 2 N–H and O–H groups in total. The van der Waals surface area contributed by atoms with Crippen LogP contribution in [0, 0.1) is 0 Å². The van der Waals surface area contributed by atoms with Gasteiger partial charge in [-0.1, -0.05) is 45.0 Å². The number of sulfonamides is 1. The number of hydrogen-bond donors (Lipinski definition) is 2. The fourth-order valence-corrected chi connectivity index (χ4v) is 3.13. The molecular weight excluding hydrogens is 352 g/mol. The van der Waals surface area contributed by atoms with Crippen molar-refractivity contribution in [3.8, 4) is 0 Å². The lowest BCUT2D eigenvalue weighted by atomic mass is 9.87. The first-order valence-electron chi connectivity index (χ1n) is 8.04. The van der Waals surface area contributed by atoms with E-state index < -0.39 is 15.9 Å². The first-order valence-corrected chi connectivity index (χ1v) is 9.53. The van der Waals surface area contributed by atoms with Gasteiger partial charge in [0.25, 0.3) is 15.9 Å². The minimum Gasteiger partial charge on any atom is -0.295 e. The molecule has 0 heterocycles. The Morgan fingerprint density at radius 2 is 1.54 bits per heavy atom. The van der Waals surface area contributed by atoms with Crippen molar-refractivity contribution in [2.45, 2.75) is 38.0 Å². The summed E-state index contributed by atoms with van der Waals surface area (Å²) in [6.45, 7) is 7.53. The molecule has 0 bridgehead atoms. The lowest BCUT2D eigenvalue weighted by Gasteiger charge is -2.19. The molecule has 0 radical (unpaired) electrons. The molecule has 2 rings (SSSR count). The molecule has 1 amide bonds. The maximum absolute atomic E-state index is 12.3. The van der Waals surface area contributed by atoms with E-state index in [4.69, 9.17) is 0 Å². The molecule has 0 spiro atoms. The second-order valence-electron chi connectivity index (χ2n) is 6.97. The Hall–Kier alpha value is -2.51. The summed E-state index contributed by atoms with van der Waals surface area (Å²) in [6, 6.07) is 12.5. The highest BCUT2D eigenvalue weighted by Crippen LogP contribution is 2.22. The lowest BCUT2D eigenvalue weighted by Crippen LogP contribution is -2.41. The van der Waals surface area contributed by atoms with E-state index in [1.165, 1.54) is 31.2 Å². The number of hydrogen-bond acceptors (Lipinski definition) is 4. The minimum absolute atomic E-state index is 0.0433. The van der Waals surface area contributed by atoms with Crippen molar-refractivity contribution in [1.82, 2.24) is 10.3 Å². The summed E-state index contributed by atoms with van der Waals surface area (Å²) in [5.74, 6) is -0.818. The predicted molar refractivity (Wildman–Crippen MR) is 99.4 cm³/mol. The zero-order valence-corrected chi connectivity index (χ0v) is 16.0. The normalized spacial score (nSPS) is 11.8.